The van der Waals surface area contributed by atoms with Gasteiger partial charge in [0.05, 0.1) is 13.7 Å². The van der Waals surface area contributed by atoms with Gasteiger partial charge >= 0.3 is 0 Å². The fourth-order valence-corrected chi connectivity index (χ4v) is 3.42. The van der Waals surface area contributed by atoms with E-state index in [0.29, 0.717) is 32.4 Å². The van der Waals surface area contributed by atoms with E-state index >= 15 is 0 Å². The van der Waals surface area contributed by atoms with Gasteiger partial charge in [-0.25, -0.2) is 0 Å². The summed E-state index contributed by atoms with van der Waals surface area (Å²) in [6, 6.07) is 14.9. The molecule has 0 spiro atoms. The number of rotatable bonds is 12. The molecule has 174 valence electrons. The molecule has 0 bridgehead atoms. The van der Waals surface area contributed by atoms with E-state index in [-0.39, 0.29) is 17.9 Å². The quantitative estimate of drug-likeness (QED) is 0.494. The zero-order valence-corrected chi connectivity index (χ0v) is 19.9. The van der Waals surface area contributed by atoms with Crippen LogP contribution in [0.25, 0.3) is 0 Å². The van der Waals surface area contributed by atoms with E-state index in [9.17, 15) is 9.59 Å². The van der Waals surface area contributed by atoms with E-state index in [4.69, 9.17) is 9.47 Å². The smallest absolute Gasteiger partial charge is 0.243 e. The third kappa shape index (κ3) is 7.91. The number of methoxy groups -OCH3 is 1. The van der Waals surface area contributed by atoms with Crippen molar-refractivity contribution in [2.75, 3.05) is 13.7 Å². The summed E-state index contributed by atoms with van der Waals surface area (Å²) >= 11 is 0. The summed E-state index contributed by atoms with van der Waals surface area (Å²) in [7, 11) is 1.62. The van der Waals surface area contributed by atoms with Gasteiger partial charge in [0, 0.05) is 19.0 Å². The van der Waals surface area contributed by atoms with Crippen LogP contribution >= 0.6 is 0 Å². The number of benzene rings is 2. The fraction of sp³-hybridized carbons (Fsp3) is 0.462. The first-order valence-electron chi connectivity index (χ1n) is 11.3. The number of hydrogen-bond acceptors (Lipinski definition) is 4. The number of nitrogens with one attached hydrogen (secondary N) is 1. The van der Waals surface area contributed by atoms with Crippen molar-refractivity contribution in [3.8, 4) is 11.5 Å². The summed E-state index contributed by atoms with van der Waals surface area (Å²) in [6.07, 6.45) is 1.43. The zero-order chi connectivity index (χ0) is 23.5. The highest BCUT2D eigenvalue weighted by molar-refractivity contribution is 5.87. The van der Waals surface area contributed by atoms with E-state index in [1.807, 2.05) is 76.2 Å². The van der Waals surface area contributed by atoms with E-state index in [1.165, 1.54) is 5.56 Å². The summed E-state index contributed by atoms with van der Waals surface area (Å²) < 4.78 is 11.0. The predicted octanol–water partition coefficient (Wildman–Crippen LogP) is 4.49. The molecule has 2 aromatic carbocycles. The Morgan fingerprint density at radius 3 is 2.19 bits per heavy atom. The van der Waals surface area contributed by atoms with Crippen molar-refractivity contribution in [2.24, 2.45) is 0 Å². The second kappa shape index (κ2) is 12.7. The standard InChI is InChI=1S/C26H36N2O4/c1-6-24(26(30)27-19(2)3)28(18-21-11-15-22(31-5)16-12-21)25(29)8-7-17-32-23-13-9-20(4)10-14-23/h9-16,19,24H,6-8,17-18H2,1-5H3,(H,27,30)/t24-/m1/s1. The highest BCUT2D eigenvalue weighted by atomic mass is 16.5. The van der Waals surface area contributed by atoms with Crippen LogP contribution in [0.4, 0.5) is 0 Å². The van der Waals surface area contributed by atoms with Gasteiger partial charge in [0.1, 0.15) is 17.5 Å². The van der Waals surface area contributed by atoms with Crippen molar-refractivity contribution >= 4 is 11.8 Å². The van der Waals surface area contributed by atoms with Crippen LogP contribution in [-0.2, 0) is 16.1 Å². The molecule has 0 saturated heterocycles. The Morgan fingerprint density at radius 1 is 1.00 bits per heavy atom. The summed E-state index contributed by atoms with van der Waals surface area (Å²) in [6.45, 7) is 8.61. The van der Waals surface area contributed by atoms with E-state index in [1.54, 1.807) is 12.0 Å². The third-order valence-electron chi connectivity index (χ3n) is 5.15. The van der Waals surface area contributed by atoms with Gasteiger partial charge in [0.15, 0.2) is 0 Å². The normalized spacial score (nSPS) is 11.7. The van der Waals surface area contributed by atoms with Gasteiger partial charge in [-0.1, -0.05) is 36.8 Å². The Balaban J connectivity index is 2.05. The third-order valence-corrected chi connectivity index (χ3v) is 5.15. The maximum atomic E-state index is 13.2. The van der Waals surface area contributed by atoms with Crippen molar-refractivity contribution in [1.29, 1.82) is 0 Å². The van der Waals surface area contributed by atoms with Crippen LogP contribution in [0.5, 0.6) is 11.5 Å². The lowest BCUT2D eigenvalue weighted by Gasteiger charge is -2.31. The van der Waals surface area contributed by atoms with Crippen molar-refractivity contribution in [3.05, 3.63) is 59.7 Å². The lowest BCUT2D eigenvalue weighted by atomic mass is 10.1. The van der Waals surface area contributed by atoms with Gasteiger partial charge < -0.3 is 19.7 Å². The molecule has 1 atom stereocenters. The van der Waals surface area contributed by atoms with Gasteiger partial charge in [-0.3, -0.25) is 9.59 Å². The van der Waals surface area contributed by atoms with Crippen LogP contribution in [0, 0.1) is 6.92 Å². The molecule has 0 aliphatic rings. The van der Waals surface area contributed by atoms with Crippen molar-refractivity contribution in [2.45, 2.75) is 65.6 Å². The van der Waals surface area contributed by atoms with Crippen LogP contribution in [0.15, 0.2) is 48.5 Å². The Kier molecular flexibility index (Phi) is 10.1. The average Bonchev–Trinajstić information content (AvgIpc) is 2.77. The molecule has 0 unspecified atom stereocenters. The minimum atomic E-state index is -0.523. The number of carbonyl (C=O) groups excluding carboxylic acids is 2. The molecular formula is C26H36N2O4. The first kappa shape index (κ1) is 25.2. The van der Waals surface area contributed by atoms with E-state index < -0.39 is 6.04 Å². The van der Waals surface area contributed by atoms with Gasteiger partial charge in [0.25, 0.3) is 0 Å². The lowest BCUT2D eigenvalue weighted by molar-refractivity contribution is -0.141. The lowest BCUT2D eigenvalue weighted by Crippen LogP contribution is -2.50. The summed E-state index contributed by atoms with van der Waals surface area (Å²) in [5, 5.41) is 2.95. The van der Waals surface area contributed by atoms with Crippen LogP contribution < -0.4 is 14.8 Å². The molecule has 0 aliphatic carbocycles. The number of ether oxygens (including phenoxy) is 2. The predicted molar refractivity (Wildman–Crippen MR) is 127 cm³/mol. The largest absolute Gasteiger partial charge is 0.497 e. The Morgan fingerprint density at radius 2 is 1.62 bits per heavy atom. The molecule has 2 aromatic rings. The highest BCUT2D eigenvalue weighted by Crippen LogP contribution is 2.18. The summed E-state index contributed by atoms with van der Waals surface area (Å²) in [4.78, 5) is 27.7. The van der Waals surface area contributed by atoms with Crippen LogP contribution in [0.1, 0.15) is 51.2 Å². The molecule has 0 saturated carbocycles. The summed E-state index contributed by atoms with van der Waals surface area (Å²) in [5.74, 6) is 1.37. The Labute approximate surface area is 191 Å². The van der Waals surface area contributed by atoms with Crippen LogP contribution in [-0.4, -0.2) is 42.5 Å². The van der Waals surface area contributed by atoms with Crippen LogP contribution in [0.2, 0.25) is 0 Å². The van der Waals surface area contributed by atoms with E-state index in [0.717, 1.165) is 17.1 Å². The van der Waals surface area contributed by atoms with Gasteiger partial charge in [-0.05, 0) is 63.4 Å². The SMILES string of the molecule is CC[C@H](C(=O)NC(C)C)N(Cc1ccc(OC)cc1)C(=O)CCCOc1ccc(C)cc1. The minimum absolute atomic E-state index is 0.0115. The number of aryl methyl sites for hydroxylation is 1. The molecule has 0 fully saturated rings. The molecule has 0 aliphatic heterocycles. The number of nitrogens with zero attached hydrogens (tertiary/aromatic N) is 1. The van der Waals surface area contributed by atoms with E-state index in [2.05, 4.69) is 5.32 Å². The molecule has 32 heavy (non-hydrogen) atoms. The van der Waals surface area contributed by atoms with Crippen molar-refractivity contribution in [3.63, 3.8) is 0 Å². The maximum Gasteiger partial charge on any atom is 0.243 e. The molecular weight excluding hydrogens is 404 g/mol. The molecule has 0 radical (unpaired) electrons. The summed E-state index contributed by atoms with van der Waals surface area (Å²) in [5.41, 5.74) is 2.12. The molecule has 6 heteroatoms. The van der Waals surface area contributed by atoms with Gasteiger partial charge in [-0.2, -0.15) is 0 Å². The molecule has 1 N–H and O–H groups in total. The molecule has 2 rings (SSSR count). The van der Waals surface area contributed by atoms with Gasteiger partial charge in [-0.15, -0.1) is 0 Å². The second-order valence-electron chi connectivity index (χ2n) is 8.22. The first-order valence-corrected chi connectivity index (χ1v) is 11.3. The number of hydrogen-bond donors (Lipinski definition) is 1. The van der Waals surface area contributed by atoms with Crippen molar-refractivity contribution in [1.82, 2.24) is 10.2 Å². The average molecular weight is 441 g/mol. The first-order chi connectivity index (χ1) is 15.3. The van der Waals surface area contributed by atoms with Crippen molar-refractivity contribution < 1.29 is 19.1 Å². The molecule has 2 amide bonds. The van der Waals surface area contributed by atoms with Gasteiger partial charge in [0.2, 0.25) is 11.8 Å². The molecule has 0 heterocycles. The number of carbonyl (C=O) groups is 2. The Bertz CT molecular complexity index is 847. The topological polar surface area (TPSA) is 67.9 Å². The Hall–Kier alpha value is -3.02. The monoisotopic (exact) mass is 440 g/mol. The number of amides is 2. The molecule has 0 aromatic heterocycles. The zero-order valence-electron chi connectivity index (χ0n) is 19.9. The van der Waals surface area contributed by atoms with Crippen LogP contribution in [0.3, 0.4) is 0 Å². The minimum Gasteiger partial charge on any atom is -0.497 e. The highest BCUT2D eigenvalue weighted by Gasteiger charge is 2.28. The second-order valence-corrected chi connectivity index (χ2v) is 8.22. The fourth-order valence-electron chi connectivity index (χ4n) is 3.42. The molecule has 6 nitrogen and oxygen atoms in total. The maximum absolute atomic E-state index is 13.2.